The van der Waals surface area contributed by atoms with Crippen LogP contribution in [0.2, 0.25) is 0 Å². The van der Waals surface area contributed by atoms with Crippen molar-refractivity contribution in [2.45, 2.75) is 53.5 Å². The molecule has 0 aromatic heterocycles. The third-order valence-corrected chi connectivity index (χ3v) is 2.22. The third-order valence-electron chi connectivity index (χ3n) is 2.22. The van der Waals surface area contributed by atoms with Crippen LogP contribution >= 0.6 is 0 Å². The molecule has 0 saturated carbocycles. The van der Waals surface area contributed by atoms with Gasteiger partial charge in [0.25, 0.3) is 0 Å². The van der Waals surface area contributed by atoms with Crippen LogP contribution in [-0.2, 0) is 0 Å². The highest BCUT2D eigenvalue weighted by atomic mass is 15.2. The summed E-state index contributed by atoms with van der Waals surface area (Å²) >= 11 is 0. The number of nitrogens with one attached hydrogen (secondary N) is 1. The predicted octanol–water partition coefficient (Wildman–Crippen LogP) is 2.30. The molecule has 0 aliphatic carbocycles. The van der Waals surface area contributed by atoms with Gasteiger partial charge in [0.2, 0.25) is 0 Å². The molecule has 0 bridgehead atoms. The van der Waals surface area contributed by atoms with Gasteiger partial charge in [-0.05, 0) is 24.2 Å². The third kappa shape index (κ3) is 5.56. The van der Waals surface area contributed by atoms with Crippen molar-refractivity contribution in [2.75, 3.05) is 0 Å². The largest absolute Gasteiger partial charge is 0.271 e. The second-order valence-electron chi connectivity index (χ2n) is 5.12. The van der Waals surface area contributed by atoms with Gasteiger partial charge in [0, 0.05) is 6.04 Å². The molecule has 0 heterocycles. The fourth-order valence-electron chi connectivity index (χ4n) is 1.20. The Hall–Kier alpha value is -0.0800. The fraction of sp³-hybridized carbons (Fsp3) is 1.00. The molecular weight excluding hydrogens is 148 g/mol. The molecule has 0 aromatic carbocycles. The molecule has 0 fully saturated rings. The summed E-state index contributed by atoms with van der Waals surface area (Å²) in [5.74, 6) is 6.08. The van der Waals surface area contributed by atoms with Crippen LogP contribution in [0.5, 0.6) is 0 Å². The SMILES string of the molecule is CC(C)C(CCC(C)(C)C)NN. The minimum atomic E-state index is 0.421. The minimum Gasteiger partial charge on any atom is -0.271 e. The highest BCUT2D eigenvalue weighted by Crippen LogP contribution is 2.23. The van der Waals surface area contributed by atoms with Gasteiger partial charge in [-0.25, -0.2) is 0 Å². The van der Waals surface area contributed by atoms with Crippen LogP contribution in [-0.4, -0.2) is 6.04 Å². The lowest BCUT2D eigenvalue weighted by Gasteiger charge is -2.24. The molecule has 12 heavy (non-hydrogen) atoms. The lowest BCUT2D eigenvalue weighted by atomic mass is 9.86. The zero-order valence-corrected chi connectivity index (χ0v) is 9.15. The first-order valence-corrected chi connectivity index (χ1v) is 4.83. The van der Waals surface area contributed by atoms with Gasteiger partial charge in [-0.2, -0.15) is 0 Å². The Balaban J connectivity index is 3.73. The number of nitrogens with two attached hydrogens (primary N) is 1. The van der Waals surface area contributed by atoms with Crippen molar-refractivity contribution in [3.63, 3.8) is 0 Å². The van der Waals surface area contributed by atoms with Crippen LogP contribution in [0.3, 0.4) is 0 Å². The molecule has 2 heteroatoms. The highest BCUT2D eigenvalue weighted by molar-refractivity contribution is 4.71. The van der Waals surface area contributed by atoms with Gasteiger partial charge >= 0.3 is 0 Å². The van der Waals surface area contributed by atoms with Gasteiger partial charge in [-0.3, -0.25) is 11.3 Å². The summed E-state index contributed by atoms with van der Waals surface area (Å²) < 4.78 is 0. The van der Waals surface area contributed by atoms with Crippen molar-refractivity contribution >= 4 is 0 Å². The van der Waals surface area contributed by atoms with E-state index in [1.54, 1.807) is 0 Å². The van der Waals surface area contributed by atoms with Gasteiger partial charge in [-0.1, -0.05) is 34.6 Å². The number of rotatable bonds is 4. The zero-order valence-electron chi connectivity index (χ0n) is 9.15. The lowest BCUT2D eigenvalue weighted by molar-refractivity contribution is 0.297. The van der Waals surface area contributed by atoms with E-state index in [1.807, 2.05) is 0 Å². The summed E-state index contributed by atoms with van der Waals surface area (Å²) in [6, 6.07) is 0.462. The second-order valence-corrected chi connectivity index (χ2v) is 5.12. The molecule has 1 unspecified atom stereocenters. The molecule has 0 radical (unpaired) electrons. The van der Waals surface area contributed by atoms with Gasteiger partial charge in [-0.15, -0.1) is 0 Å². The van der Waals surface area contributed by atoms with Crippen LogP contribution in [0.25, 0.3) is 0 Å². The van der Waals surface area contributed by atoms with Crippen molar-refractivity contribution in [2.24, 2.45) is 17.2 Å². The van der Waals surface area contributed by atoms with Gasteiger partial charge < -0.3 is 0 Å². The normalized spacial score (nSPS) is 15.2. The molecule has 3 N–H and O–H groups in total. The maximum absolute atomic E-state index is 5.45. The van der Waals surface area contributed by atoms with E-state index >= 15 is 0 Å². The van der Waals surface area contributed by atoms with Crippen LogP contribution in [0.4, 0.5) is 0 Å². The molecule has 1 atom stereocenters. The molecule has 2 nitrogen and oxygen atoms in total. The molecular formula is C10H24N2. The van der Waals surface area contributed by atoms with Crippen LogP contribution in [0.15, 0.2) is 0 Å². The Morgan fingerprint density at radius 2 is 1.75 bits per heavy atom. The molecule has 0 aromatic rings. The molecule has 0 aliphatic rings. The monoisotopic (exact) mass is 172 g/mol. The smallest absolute Gasteiger partial charge is 0.0233 e. The van der Waals surface area contributed by atoms with Crippen LogP contribution in [0.1, 0.15) is 47.5 Å². The molecule has 0 rings (SSSR count). The number of hydrazine groups is 1. The first-order chi connectivity index (χ1) is 5.37. The summed E-state index contributed by atoms with van der Waals surface area (Å²) in [5, 5.41) is 0. The summed E-state index contributed by atoms with van der Waals surface area (Å²) in [7, 11) is 0. The van der Waals surface area contributed by atoms with Crippen LogP contribution in [0, 0.1) is 11.3 Å². The summed E-state index contributed by atoms with van der Waals surface area (Å²) in [4.78, 5) is 0. The molecule has 74 valence electrons. The van der Waals surface area contributed by atoms with E-state index < -0.39 is 0 Å². The summed E-state index contributed by atoms with van der Waals surface area (Å²) in [6.07, 6.45) is 2.39. The van der Waals surface area contributed by atoms with E-state index in [2.05, 4.69) is 40.0 Å². The Morgan fingerprint density at radius 1 is 1.25 bits per heavy atom. The van der Waals surface area contributed by atoms with Gasteiger partial charge in [0.15, 0.2) is 0 Å². The number of hydrogen-bond donors (Lipinski definition) is 2. The maximum Gasteiger partial charge on any atom is 0.0233 e. The van der Waals surface area contributed by atoms with Crippen molar-refractivity contribution in [1.29, 1.82) is 0 Å². The minimum absolute atomic E-state index is 0.421. The van der Waals surface area contributed by atoms with E-state index in [9.17, 15) is 0 Å². The molecule has 0 saturated heterocycles. The Morgan fingerprint density at radius 3 is 2.00 bits per heavy atom. The lowest BCUT2D eigenvalue weighted by Crippen LogP contribution is -2.39. The topological polar surface area (TPSA) is 38.0 Å². The second kappa shape index (κ2) is 4.83. The first kappa shape index (κ1) is 11.9. The predicted molar refractivity (Wildman–Crippen MR) is 54.6 cm³/mol. The zero-order chi connectivity index (χ0) is 9.78. The van der Waals surface area contributed by atoms with Crippen molar-refractivity contribution in [3.8, 4) is 0 Å². The fourth-order valence-corrected chi connectivity index (χ4v) is 1.20. The molecule has 0 spiro atoms. The van der Waals surface area contributed by atoms with E-state index in [-0.39, 0.29) is 0 Å². The van der Waals surface area contributed by atoms with Crippen molar-refractivity contribution < 1.29 is 0 Å². The Labute approximate surface area is 76.9 Å². The van der Waals surface area contributed by atoms with Crippen LogP contribution < -0.4 is 11.3 Å². The van der Waals surface area contributed by atoms with Gasteiger partial charge in [0.05, 0.1) is 0 Å². The quantitative estimate of drug-likeness (QED) is 0.504. The van der Waals surface area contributed by atoms with E-state index in [0.717, 1.165) is 6.42 Å². The Bertz CT molecular complexity index is 113. The molecule has 0 amide bonds. The van der Waals surface area contributed by atoms with E-state index in [0.29, 0.717) is 17.4 Å². The maximum atomic E-state index is 5.45. The standard InChI is InChI=1S/C10H24N2/c1-8(2)9(12-11)6-7-10(3,4)5/h8-9,12H,6-7,11H2,1-5H3. The first-order valence-electron chi connectivity index (χ1n) is 4.83. The summed E-state index contributed by atoms with van der Waals surface area (Å²) in [5.41, 5.74) is 3.29. The molecule has 0 aliphatic heterocycles. The average molecular weight is 172 g/mol. The van der Waals surface area contributed by atoms with Gasteiger partial charge in [0.1, 0.15) is 0 Å². The Kier molecular flexibility index (Phi) is 4.80. The summed E-state index contributed by atoms with van der Waals surface area (Å²) in [6.45, 7) is 11.2. The van der Waals surface area contributed by atoms with E-state index in [1.165, 1.54) is 6.42 Å². The number of hydrogen-bond acceptors (Lipinski definition) is 2. The highest BCUT2D eigenvalue weighted by Gasteiger charge is 2.16. The van der Waals surface area contributed by atoms with Crippen molar-refractivity contribution in [1.82, 2.24) is 5.43 Å². The van der Waals surface area contributed by atoms with E-state index in [4.69, 9.17) is 5.84 Å². The average Bonchev–Trinajstić information content (AvgIpc) is 1.85. The van der Waals surface area contributed by atoms with Crippen molar-refractivity contribution in [3.05, 3.63) is 0 Å².